The van der Waals surface area contributed by atoms with Gasteiger partial charge in [-0.3, -0.25) is 0 Å². The summed E-state index contributed by atoms with van der Waals surface area (Å²) in [5, 5.41) is 6.80. The van der Waals surface area contributed by atoms with Gasteiger partial charge in [-0.1, -0.05) is 18.2 Å². The number of nitrogens with one attached hydrogen (secondary N) is 2. The van der Waals surface area contributed by atoms with Gasteiger partial charge in [0.25, 0.3) is 0 Å². The smallest absolute Gasteiger partial charge is 0.183 e. The molecule has 1 aliphatic carbocycles. The van der Waals surface area contributed by atoms with E-state index in [0.717, 1.165) is 22.7 Å². The van der Waals surface area contributed by atoms with E-state index < -0.39 is 0 Å². The number of hydrogen-bond acceptors (Lipinski definition) is 5. The Morgan fingerprint density at radius 2 is 2.09 bits per heavy atom. The average molecular weight is 307 g/mol. The molecule has 22 heavy (non-hydrogen) atoms. The highest BCUT2D eigenvalue weighted by Gasteiger charge is 2.23. The Kier molecular flexibility index (Phi) is 2.48. The number of hydrogen-bond donors (Lipinski definition) is 2. The number of benzene rings is 1. The molecule has 4 aromatic rings. The molecule has 5 rings (SSSR count). The van der Waals surface area contributed by atoms with Crippen LogP contribution in [-0.4, -0.2) is 26.0 Å². The summed E-state index contributed by atoms with van der Waals surface area (Å²) in [6.07, 6.45) is 3.99. The van der Waals surface area contributed by atoms with Gasteiger partial charge in [-0.2, -0.15) is 0 Å². The maximum absolute atomic E-state index is 4.65. The van der Waals surface area contributed by atoms with E-state index in [4.69, 9.17) is 0 Å². The highest BCUT2D eigenvalue weighted by atomic mass is 32.1. The van der Waals surface area contributed by atoms with Crippen molar-refractivity contribution in [1.82, 2.24) is 19.9 Å². The maximum Gasteiger partial charge on any atom is 0.183 e. The summed E-state index contributed by atoms with van der Waals surface area (Å²) in [5.41, 5.74) is 2.72. The summed E-state index contributed by atoms with van der Waals surface area (Å²) in [4.78, 5) is 16.7. The first-order valence-corrected chi connectivity index (χ1v) is 8.20. The molecule has 0 unspecified atom stereocenters. The third-order valence-corrected chi connectivity index (χ3v) is 4.91. The molecule has 3 aromatic heterocycles. The minimum Gasteiger partial charge on any atom is -0.365 e. The third-order valence-electron chi connectivity index (χ3n) is 3.94. The maximum atomic E-state index is 4.65. The van der Waals surface area contributed by atoms with Crippen molar-refractivity contribution >= 4 is 38.4 Å². The van der Waals surface area contributed by atoms with Crippen molar-refractivity contribution in [3.63, 3.8) is 0 Å². The van der Waals surface area contributed by atoms with Gasteiger partial charge in [0.15, 0.2) is 11.5 Å². The van der Waals surface area contributed by atoms with Crippen LogP contribution in [0.5, 0.6) is 0 Å². The Balaban J connectivity index is 1.68. The molecule has 0 bridgehead atoms. The van der Waals surface area contributed by atoms with Crippen LogP contribution in [0.15, 0.2) is 36.0 Å². The molecule has 1 saturated carbocycles. The lowest BCUT2D eigenvalue weighted by molar-refractivity contribution is 1.10. The van der Waals surface area contributed by atoms with E-state index in [-0.39, 0.29) is 0 Å². The summed E-state index contributed by atoms with van der Waals surface area (Å²) in [7, 11) is 0. The lowest BCUT2D eigenvalue weighted by Crippen LogP contribution is -2.03. The molecule has 0 spiro atoms. The molecule has 1 aliphatic rings. The highest BCUT2D eigenvalue weighted by Crippen LogP contribution is 2.34. The number of fused-ring (bicyclic) bond motifs is 2. The monoisotopic (exact) mass is 307 g/mol. The van der Waals surface area contributed by atoms with Gasteiger partial charge in [0, 0.05) is 27.1 Å². The van der Waals surface area contributed by atoms with Crippen LogP contribution in [0.25, 0.3) is 32.6 Å². The number of aromatic nitrogens is 4. The van der Waals surface area contributed by atoms with Crippen LogP contribution in [0, 0.1) is 0 Å². The van der Waals surface area contributed by atoms with Crippen LogP contribution in [0.3, 0.4) is 0 Å². The molecule has 2 N–H and O–H groups in total. The number of thiophene rings is 1. The standard InChI is InChI=1S/C16H13N5S/c1-2-4-12-10(3-1)11(7-22-12)14-20-13-15(19-9-5-6-9)17-8-18-16(13)21-14/h1-4,7-9H,5-6H2,(H2,17,18,19,20,21). The zero-order valence-corrected chi connectivity index (χ0v) is 12.5. The molecule has 0 saturated heterocycles. The van der Waals surface area contributed by atoms with Crippen molar-refractivity contribution in [2.45, 2.75) is 18.9 Å². The van der Waals surface area contributed by atoms with Crippen LogP contribution in [0.1, 0.15) is 12.8 Å². The Morgan fingerprint density at radius 1 is 1.18 bits per heavy atom. The molecule has 0 atom stereocenters. The van der Waals surface area contributed by atoms with Gasteiger partial charge in [-0.15, -0.1) is 11.3 Å². The molecule has 6 heteroatoms. The van der Waals surface area contributed by atoms with Crippen molar-refractivity contribution in [1.29, 1.82) is 0 Å². The van der Waals surface area contributed by atoms with Gasteiger partial charge in [-0.25, -0.2) is 15.0 Å². The lowest BCUT2D eigenvalue weighted by Gasteiger charge is -2.02. The number of nitrogens with zero attached hydrogens (tertiary/aromatic N) is 3. The van der Waals surface area contributed by atoms with Crippen molar-refractivity contribution in [3.05, 3.63) is 36.0 Å². The first kappa shape index (κ1) is 12.1. The SMILES string of the molecule is c1ccc2c(-c3nc4ncnc(NC5CC5)c4[nH]3)csc2c1. The summed E-state index contributed by atoms with van der Waals surface area (Å²) in [5.74, 6) is 1.71. The number of aromatic amines is 1. The van der Waals surface area contributed by atoms with Crippen molar-refractivity contribution in [2.75, 3.05) is 5.32 Å². The second kappa shape index (κ2) is 4.51. The van der Waals surface area contributed by atoms with E-state index in [1.807, 2.05) is 0 Å². The summed E-state index contributed by atoms with van der Waals surface area (Å²) >= 11 is 1.73. The first-order chi connectivity index (χ1) is 10.9. The fourth-order valence-electron chi connectivity index (χ4n) is 2.65. The second-order valence-corrected chi connectivity index (χ2v) is 6.48. The molecule has 0 aliphatic heterocycles. The quantitative estimate of drug-likeness (QED) is 0.604. The highest BCUT2D eigenvalue weighted by molar-refractivity contribution is 7.17. The molecule has 0 amide bonds. The molecule has 3 heterocycles. The number of rotatable bonds is 3. The van der Waals surface area contributed by atoms with Crippen LogP contribution >= 0.6 is 11.3 Å². The zero-order chi connectivity index (χ0) is 14.5. The van der Waals surface area contributed by atoms with Gasteiger partial charge in [0.05, 0.1) is 0 Å². The Morgan fingerprint density at radius 3 is 3.00 bits per heavy atom. The van der Waals surface area contributed by atoms with Crippen molar-refractivity contribution < 1.29 is 0 Å². The Bertz CT molecular complexity index is 982. The number of imidazole rings is 1. The van der Waals surface area contributed by atoms with Gasteiger partial charge in [0.2, 0.25) is 0 Å². The van der Waals surface area contributed by atoms with Crippen LogP contribution in [-0.2, 0) is 0 Å². The average Bonchev–Trinajstić information content (AvgIpc) is 3.10. The molecule has 1 fully saturated rings. The van der Waals surface area contributed by atoms with Crippen molar-refractivity contribution in [3.8, 4) is 11.4 Å². The van der Waals surface area contributed by atoms with E-state index in [0.29, 0.717) is 11.7 Å². The molecular formula is C16H13N5S. The van der Waals surface area contributed by atoms with Gasteiger partial charge in [-0.05, 0) is 18.9 Å². The molecule has 5 nitrogen and oxygen atoms in total. The minimum atomic E-state index is 0.548. The van der Waals surface area contributed by atoms with Crippen LogP contribution in [0.2, 0.25) is 0 Å². The fourth-order valence-corrected chi connectivity index (χ4v) is 3.59. The summed E-state index contributed by atoms with van der Waals surface area (Å²) in [6.45, 7) is 0. The predicted octanol–water partition coefficient (Wildman–Crippen LogP) is 3.81. The largest absolute Gasteiger partial charge is 0.365 e. The van der Waals surface area contributed by atoms with E-state index in [2.05, 4.69) is 54.9 Å². The van der Waals surface area contributed by atoms with E-state index in [1.54, 1.807) is 17.7 Å². The number of anilines is 1. The number of H-pyrrole nitrogens is 1. The molecular weight excluding hydrogens is 294 g/mol. The minimum absolute atomic E-state index is 0.548. The molecule has 108 valence electrons. The third kappa shape index (κ3) is 1.88. The van der Waals surface area contributed by atoms with Gasteiger partial charge in [0.1, 0.15) is 17.7 Å². The first-order valence-electron chi connectivity index (χ1n) is 7.32. The van der Waals surface area contributed by atoms with Crippen LogP contribution < -0.4 is 5.32 Å². The van der Waals surface area contributed by atoms with Gasteiger partial charge >= 0.3 is 0 Å². The van der Waals surface area contributed by atoms with E-state index in [9.17, 15) is 0 Å². The van der Waals surface area contributed by atoms with Gasteiger partial charge < -0.3 is 10.3 Å². The molecule has 0 radical (unpaired) electrons. The predicted molar refractivity (Wildman–Crippen MR) is 89.1 cm³/mol. The molecule has 1 aromatic carbocycles. The summed E-state index contributed by atoms with van der Waals surface area (Å²) in [6, 6.07) is 8.92. The fraction of sp³-hybridized carbons (Fsp3) is 0.188. The second-order valence-electron chi connectivity index (χ2n) is 5.57. The Hall–Kier alpha value is -2.47. The Labute approximate surface area is 130 Å². The van der Waals surface area contributed by atoms with E-state index >= 15 is 0 Å². The zero-order valence-electron chi connectivity index (χ0n) is 11.7. The van der Waals surface area contributed by atoms with Crippen LogP contribution in [0.4, 0.5) is 5.82 Å². The lowest BCUT2D eigenvalue weighted by atomic mass is 10.2. The van der Waals surface area contributed by atoms with E-state index in [1.165, 1.54) is 22.9 Å². The normalized spacial score (nSPS) is 14.7. The van der Waals surface area contributed by atoms with Crippen molar-refractivity contribution in [2.24, 2.45) is 0 Å². The topological polar surface area (TPSA) is 66.5 Å². The summed E-state index contributed by atoms with van der Waals surface area (Å²) < 4.78 is 1.26.